The number of ether oxygens (including phenoxy) is 2. The summed E-state index contributed by atoms with van der Waals surface area (Å²) < 4.78 is 13.5. The third-order valence-corrected chi connectivity index (χ3v) is 11.0. The maximum atomic E-state index is 14.2. The standard InChI is InChI=1S/C38H44N2O4S/c41-29-14-19-32-35(26-29)45-38(28-12-15-30(16-13-28)43-25-24-39-20-6-7-21-39)36(32)37(42)27-10-17-31(18-11-27)44-34-9-3-2-8-33(34)40-22-4-1-5-23-40/h10-19,26,33-34,41H,1-9,20-25H2/t33-,34-/m0/s1. The highest BCUT2D eigenvalue weighted by Gasteiger charge is 2.32. The zero-order valence-corrected chi connectivity index (χ0v) is 26.9. The van der Waals surface area contributed by atoms with E-state index in [0.29, 0.717) is 23.8 Å². The van der Waals surface area contributed by atoms with Gasteiger partial charge in [0.15, 0.2) is 5.78 Å². The van der Waals surface area contributed by atoms with Crippen LogP contribution in [0.15, 0.2) is 66.7 Å². The SMILES string of the molecule is O=C(c1ccc(O[C@H]2CCCC[C@@H]2N2CCCCC2)cc1)c1c(-c2ccc(OCCN3CCCC3)cc2)sc2cc(O)ccc12. The summed E-state index contributed by atoms with van der Waals surface area (Å²) in [5.74, 6) is 1.84. The molecule has 0 spiro atoms. The summed E-state index contributed by atoms with van der Waals surface area (Å²) in [6.45, 7) is 6.31. The molecule has 236 valence electrons. The van der Waals surface area contributed by atoms with Gasteiger partial charge in [0.05, 0.1) is 0 Å². The van der Waals surface area contributed by atoms with Crippen molar-refractivity contribution in [3.63, 3.8) is 0 Å². The van der Waals surface area contributed by atoms with Gasteiger partial charge in [-0.2, -0.15) is 0 Å². The van der Waals surface area contributed by atoms with Gasteiger partial charge in [-0.3, -0.25) is 14.6 Å². The van der Waals surface area contributed by atoms with Crippen LogP contribution in [0.4, 0.5) is 0 Å². The van der Waals surface area contributed by atoms with Crippen LogP contribution in [0.25, 0.3) is 20.5 Å². The Morgan fingerprint density at radius 3 is 2.29 bits per heavy atom. The molecule has 1 aliphatic carbocycles. The number of nitrogens with zero attached hydrogens (tertiary/aromatic N) is 2. The first-order valence-corrected chi connectivity index (χ1v) is 17.7. The van der Waals surface area contributed by atoms with Gasteiger partial charge in [-0.25, -0.2) is 0 Å². The second-order valence-corrected chi connectivity index (χ2v) is 13.9. The molecule has 2 atom stereocenters. The summed E-state index contributed by atoms with van der Waals surface area (Å²) in [4.78, 5) is 20.2. The Labute approximate surface area is 270 Å². The van der Waals surface area contributed by atoms with Crippen molar-refractivity contribution in [2.45, 2.75) is 69.9 Å². The van der Waals surface area contributed by atoms with Crippen LogP contribution in [-0.2, 0) is 0 Å². The van der Waals surface area contributed by atoms with Gasteiger partial charge in [0.2, 0.25) is 0 Å². The second-order valence-electron chi connectivity index (χ2n) is 12.9. The summed E-state index contributed by atoms with van der Waals surface area (Å²) in [5, 5.41) is 11.1. The molecule has 0 bridgehead atoms. The van der Waals surface area contributed by atoms with Crippen molar-refractivity contribution in [3.8, 4) is 27.7 Å². The van der Waals surface area contributed by atoms with Gasteiger partial charge in [-0.05, 0) is 143 Å². The summed E-state index contributed by atoms with van der Waals surface area (Å²) in [6.07, 6.45) is 11.4. The zero-order chi connectivity index (χ0) is 30.6. The molecule has 7 rings (SSSR count). The van der Waals surface area contributed by atoms with Gasteiger partial charge < -0.3 is 14.6 Å². The number of piperidine rings is 1. The topological polar surface area (TPSA) is 62.2 Å². The van der Waals surface area contributed by atoms with Gasteiger partial charge in [0.25, 0.3) is 0 Å². The maximum Gasteiger partial charge on any atom is 0.195 e. The van der Waals surface area contributed by atoms with Gasteiger partial charge in [0, 0.05) is 38.7 Å². The van der Waals surface area contributed by atoms with Crippen molar-refractivity contribution in [3.05, 3.63) is 77.9 Å². The Hall–Kier alpha value is -3.39. The highest BCUT2D eigenvalue weighted by atomic mass is 32.1. The first kappa shape index (κ1) is 30.3. The lowest BCUT2D eigenvalue weighted by Crippen LogP contribution is -2.49. The van der Waals surface area contributed by atoms with Crippen LogP contribution in [0.2, 0.25) is 0 Å². The van der Waals surface area contributed by atoms with Gasteiger partial charge in [0.1, 0.15) is 30.0 Å². The summed E-state index contributed by atoms with van der Waals surface area (Å²) in [6, 6.07) is 21.5. The van der Waals surface area contributed by atoms with E-state index >= 15 is 0 Å². The highest BCUT2D eigenvalue weighted by Crippen LogP contribution is 2.42. The van der Waals surface area contributed by atoms with E-state index in [0.717, 1.165) is 58.1 Å². The van der Waals surface area contributed by atoms with E-state index in [9.17, 15) is 9.90 Å². The third kappa shape index (κ3) is 6.91. The fourth-order valence-corrected chi connectivity index (χ4v) is 8.64. The minimum Gasteiger partial charge on any atom is -0.508 e. The van der Waals surface area contributed by atoms with Gasteiger partial charge >= 0.3 is 0 Å². The van der Waals surface area contributed by atoms with E-state index in [2.05, 4.69) is 9.80 Å². The molecule has 4 aromatic rings. The number of ketones is 1. The number of likely N-dealkylation sites (tertiary alicyclic amines) is 2. The quantitative estimate of drug-likeness (QED) is 0.180. The lowest BCUT2D eigenvalue weighted by atomic mass is 9.90. The predicted octanol–water partition coefficient (Wildman–Crippen LogP) is 8.16. The Morgan fingerprint density at radius 1 is 0.800 bits per heavy atom. The molecule has 3 aliphatic rings. The van der Waals surface area contributed by atoms with Crippen molar-refractivity contribution in [2.75, 3.05) is 39.3 Å². The minimum atomic E-state index is -0.0247. The Kier molecular flexibility index (Phi) is 9.38. The maximum absolute atomic E-state index is 14.2. The third-order valence-electron chi connectivity index (χ3n) is 9.82. The van der Waals surface area contributed by atoms with Gasteiger partial charge in [-0.15, -0.1) is 11.3 Å². The minimum absolute atomic E-state index is 0.0247. The van der Waals surface area contributed by atoms with E-state index in [1.807, 2.05) is 54.6 Å². The summed E-state index contributed by atoms with van der Waals surface area (Å²) in [7, 11) is 0. The fourth-order valence-electron chi connectivity index (χ4n) is 7.40. The number of hydrogen-bond acceptors (Lipinski definition) is 7. The molecule has 0 amide bonds. The fraction of sp³-hybridized carbons (Fsp3) is 0.447. The van der Waals surface area contributed by atoms with E-state index in [4.69, 9.17) is 9.47 Å². The molecule has 1 aromatic heterocycles. The molecule has 0 unspecified atom stereocenters. The monoisotopic (exact) mass is 624 g/mol. The van der Waals surface area contributed by atoms with E-state index in [-0.39, 0.29) is 17.6 Å². The molecule has 45 heavy (non-hydrogen) atoms. The number of fused-ring (bicyclic) bond motifs is 1. The number of rotatable bonds is 10. The number of hydrogen-bond donors (Lipinski definition) is 1. The molecule has 3 heterocycles. The number of aromatic hydroxyl groups is 1. The molecule has 3 fully saturated rings. The molecule has 2 aliphatic heterocycles. The van der Waals surface area contributed by atoms with Crippen molar-refractivity contribution in [1.29, 1.82) is 0 Å². The molecule has 6 nitrogen and oxygen atoms in total. The Morgan fingerprint density at radius 2 is 1.51 bits per heavy atom. The van der Waals surface area contributed by atoms with Crippen LogP contribution < -0.4 is 9.47 Å². The largest absolute Gasteiger partial charge is 0.508 e. The van der Waals surface area contributed by atoms with Crippen molar-refractivity contribution < 1.29 is 19.4 Å². The summed E-state index contributed by atoms with van der Waals surface area (Å²) in [5.41, 5.74) is 2.27. The van der Waals surface area contributed by atoms with Crippen LogP contribution in [0.1, 0.15) is 73.7 Å². The van der Waals surface area contributed by atoms with E-state index < -0.39 is 0 Å². The number of benzene rings is 3. The first-order chi connectivity index (χ1) is 22.1. The second kappa shape index (κ2) is 13.9. The van der Waals surface area contributed by atoms with Crippen LogP contribution in [0.5, 0.6) is 17.2 Å². The molecule has 3 aromatic carbocycles. The lowest BCUT2D eigenvalue weighted by molar-refractivity contribution is 0.0261. The van der Waals surface area contributed by atoms with Crippen LogP contribution >= 0.6 is 11.3 Å². The van der Waals surface area contributed by atoms with Crippen molar-refractivity contribution >= 4 is 27.2 Å². The van der Waals surface area contributed by atoms with E-state index in [1.54, 1.807) is 12.1 Å². The Bertz CT molecular complexity index is 1590. The number of phenols is 1. The summed E-state index contributed by atoms with van der Waals surface area (Å²) >= 11 is 1.54. The van der Waals surface area contributed by atoms with Crippen LogP contribution in [-0.4, -0.2) is 72.2 Å². The average Bonchev–Trinajstić information content (AvgIpc) is 3.74. The van der Waals surface area contributed by atoms with Crippen molar-refractivity contribution in [1.82, 2.24) is 9.80 Å². The molecule has 1 N–H and O–H groups in total. The lowest BCUT2D eigenvalue weighted by Gasteiger charge is -2.41. The number of carbonyl (C=O) groups is 1. The van der Waals surface area contributed by atoms with Crippen LogP contribution in [0, 0.1) is 0 Å². The normalized spacial score (nSPS) is 21.2. The molecule has 0 radical (unpaired) electrons. The molecule has 7 heteroatoms. The van der Waals surface area contributed by atoms with Crippen LogP contribution in [0.3, 0.4) is 0 Å². The number of phenolic OH excluding ortho intramolecular Hbond substituents is 1. The molecular formula is C38H44N2O4S. The number of thiophene rings is 1. The van der Waals surface area contributed by atoms with Gasteiger partial charge in [-0.1, -0.05) is 12.8 Å². The zero-order valence-electron chi connectivity index (χ0n) is 26.1. The number of carbonyl (C=O) groups excluding carboxylic acids is 1. The average molecular weight is 625 g/mol. The first-order valence-electron chi connectivity index (χ1n) is 16.9. The molecule has 1 saturated carbocycles. The smallest absolute Gasteiger partial charge is 0.195 e. The Balaban J connectivity index is 1.09. The molecular weight excluding hydrogens is 580 g/mol. The predicted molar refractivity (Wildman–Crippen MR) is 182 cm³/mol. The highest BCUT2D eigenvalue weighted by molar-refractivity contribution is 7.22. The van der Waals surface area contributed by atoms with E-state index in [1.165, 1.54) is 75.8 Å². The van der Waals surface area contributed by atoms with Crippen molar-refractivity contribution in [2.24, 2.45) is 0 Å². The molecule has 2 saturated heterocycles.